The maximum atomic E-state index is 13.0. The first-order chi connectivity index (χ1) is 14.1. The van der Waals surface area contributed by atoms with Gasteiger partial charge in [-0.05, 0) is 63.3 Å². The normalized spacial score (nSPS) is 33.8. The molecule has 165 valence electrons. The largest absolute Gasteiger partial charge is 0.450 e. The molecule has 1 amide bonds. The molecule has 5 atom stereocenters. The Morgan fingerprint density at radius 1 is 1.21 bits per heavy atom. The summed E-state index contributed by atoms with van der Waals surface area (Å²) in [6, 6.07) is 0. The third-order valence-corrected chi connectivity index (χ3v) is 7.85. The lowest BCUT2D eigenvalue weighted by molar-refractivity contribution is -0.133. The van der Waals surface area contributed by atoms with Crippen LogP contribution in [0.5, 0.6) is 0 Å². The average molecular weight is 423 g/mol. The molecule has 0 aromatic carbocycles. The molecule has 3 aliphatic rings. The van der Waals surface area contributed by atoms with Gasteiger partial charge >= 0.3 is 7.48 Å². The molecule has 3 fully saturated rings. The van der Waals surface area contributed by atoms with E-state index < -0.39 is 0 Å². The highest BCUT2D eigenvalue weighted by molar-refractivity contribution is 7.96. The van der Waals surface area contributed by atoms with Crippen LogP contribution in [0.3, 0.4) is 0 Å². The van der Waals surface area contributed by atoms with Crippen LogP contribution in [0.1, 0.15) is 65.7 Å². The fourth-order valence-corrected chi connectivity index (χ4v) is 6.03. The highest BCUT2D eigenvalue weighted by Gasteiger charge is 2.37. The summed E-state index contributed by atoms with van der Waals surface area (Å²) in [4.78, 5) is 15.0. The second-order valence-corrected chi connectivity index (χ2v) is 9.46. The quantitative estimate of drug-likeness (QED) is 0.522. The molecule has 0 aromatic heterocycles. The number of likely N-dealkylation sites (tertiary alicyclic amines) is 1. The van der Waals surface area contributed by atoms with Crippen LogP contribution in [0.25, 0.3) is 0 Å². The first-order valence-corrected chi connectivity index (χ1v) is 12.4. The fourth-order valence-electron chi connectivity index (χ4n) is 5.04. The lowest BCUT2D eigenvalue weighted by atomic mass is 9.72. The summed E-state index contributed by atoms with van der Waals surface area (Å²) >= 11 is 1.33. The van der Waals surface area contributed by atoms with Crippen molar-refractivity contribution < 1.29 is 14.0 Å². The van der Waals surface area contributed by atoms with Crippen molar-refractivity contribution in [2.24, 2.45) is 29.4 Å². The van der Waals surface area contributed by atoms with E-state index >= 15 is 0 Å². The molecular weight excluding hydrogens is 383 g/mol. The van der Waals surface area contributed by atoms with Crippen LogP contribution in [0.2, 0.25) is 0 Å². The van der Waals surface area contributed by atoms with Crippen molar-refractivity contribution in [3.05, 3.63) is 12.1 Å². The van der Waals surface area contributed by atoms with E-state index in [0.29, 0.717) is 5.92 Å². The summed E-state index contributed by atoms with van der Waals surface area (Å²) in [5, 5.41) is 8.75. The van der Waals surface area contributed by atoms with Crippen molar-refractivity contribution in [1.82, 2.24) is 4.90 Å². The predicted molar refractivity (Wildman–Crippen MR) is 122 cm³/mol. The van der Waals surface area contributed by atoms with Crippen LogP contribution >= 0.6 is 12.0 Å². The molecule has 1 radical (unpaired) electrons. The van der Waals surface area contributed by atoms with Crippen LogP contribution in [0, 0.1) is 23.7 Å². The molecule has 2 heterocycles. The fraction of sp³-hybridized carbons (Fsp3) is 0.864. The Labute approximate surface area is 182 Å². The summed E-state index contributed by atoms with van der Waals surface area (Å²) in [5.74, 6) is 4.29. The van der Waals surface area contributed by atoms with E-state index in [4.69, 9.17) is 14.9 Å². The van der Waals surface area contributed by atoms with E-state index in [1.807, 2.05) is 26.8 Å². The summed E-state index contributed by atoms with van der Waals surface area (Å²) < 4.78 is 5.76. The van der Waals surface area contributed by atoms with Gasteiger partial charge in [-0.3, -0.25) is 4.79 Å². The standard InChI is InChI=1S/C20H34BN2O3S.C2H6/c1-14-17(5-8-21-25)12-19(27-26-14)20(24)23-9-6-16(7-10-23)18-4-2-3-15(11-18)13-22;1-2/h5,8,14-19,25H,2-4,6-7,9-13,22H2,1H3;1-2H3/b8-5+;. The third-order valence-electron chi connectivity index (χ3n) is 6.81. The minimum atomic E-state index is -0.137. The molecule has 3 N–H and O–H groups in total. The molecule has 0 spiro atoms. The second-order valence-electron chi connectivity index (χ2n) is 8.51. The number of hydrogen-bond donors (Lipinski definition) is 2. The van der Waals surface area contributed by atoms with E-state index in [0.717, 1.165) is 58.2 Å². The van der Waals surface area contributed by atoms with E-state index in [1.54, 1.807) is 5.98 Å². The lowest BCUT2D eigenvalue weighted by Crippen LogP contribution is -2.46. The highest BCUT2D eigenvalue weighted by Crippen LogP contribution is 2.39. The van der Waals surface area contributed by atoms with Gasteiger partial charge in [-0.25, -0.2) is 0 Å². The van der Waals surface area contributed by atoms with Gasteiger partial charge in [-0.15, -0.1) is 0 Å². The van der Waals surface area contributed by atoms with Gasteiger partial charge in [-0.1, -0.05) is 38.7 Å². The van der Waals surface area contributed by atoms with E-state index in [9.17, 15) is 4.79 Å². The van der Waals surface area contributed by atoms with Crippen molar-refractivity contribution in [1.29, 1.82) is 0 Å². The van der Waals surface area contributed by atoms with Crippen LogP contribution in [0.15, 0.2) is 12.1 Å². The first kappa shape index (κ1) is 24.8. The van der Waals surface area contributed by atoms with Crippen molar-refractivity contribution in [2.45, 2.75) is 77.1 Å². The molecule has 7 heteroatoms. The zero-order valence-corrected chi connectivity index (χ0v) is 19.3. The summed E-state index contributed by atoms with van der Waals surface area (Å²) in [5.41, 5.74) is 5.90. The molecule has 0 bridgehead atoms. The molecule has 29 heavy (non-hydrogen) atoms. The monoisotopic (exact) mass is 423 g/mol. The summed E-state index contributed by atoms with van der Waals surface area (Å²) in [6.07, 6.45) is 10.3. The molecule has 1 saturated carbocycles. The number of nitrogens with zero attached hydrogens (tertiary/aromatic N) is 1. The van der Waals surface area contributed by atoms with Crippen molar-refractivity contribution >= 4 is 25.4 Å². The Kier molecular flexibility index (Phi) is 11.1. The number of rotatable bonds is 5. The van der Waals surface area contributed by atoms with Crippen LogP contribution in [0.4, 0.5) is 0 Å². The molecule has 1 aliphatic carbocycles. The van der Waals surface area contributed by atoms with Gasteiger partial charge in [0.1, 0.15) is 5.25 Å². The van der Waals surface area contributed by atoms with Crippen LogP contribution in [-0.2, 0) is 8.98 Å². The number of carbonyl (C=O) groups excluding carboxylic acids is 1. The van der Waals surface area contributed by atoms with Crippen LogP contribution < -0.4 is 5.73 Å². The average Bonchev–Trinajstić information content (AvgIpc) is 2.79. The molecule has 2 saturated heterocycles. The number of carbonyl (C=O) groups is 1. The molecule has 0 aromatic rings. The van der Waals surface area contributed by atoms with Gasteiger partial charge in [0.15, 0.2) is 0 Å². The molecule has 3 rings (SSSR count). The second kappa shape index (κ2) is 13.0. The Hall–Kier alpha value is -0.495. The molecule has 2 aliphatic heterocycles. The van der Waals surface area contributed by atoms with Gasteiger partial charge in [0.05, 0.1) is 6.10 Å². The molecule has 5 unspecified atom stereocenters. The maximum Gasteiger partial charge on any atom is 0.318 e. The zero-order chi connectivity index (χ0) is 21.2. The molecular formula is C22H40BN2O3S. The van der Waals surface area contributed by atoms with E-state index in [1.165, 1.54) is 37.7 Å². The number of amides is 1. The van der Waals surface area contributed by atoms with E-state index in [-0.39, 0.29) is 23.2 Å². The van der Waals surface area contributed by atoms with Gasteiger partial charge in [0.25, 0.3) is 0 Å². The van der Waals surface area contributed by atoms with E-state index in [2.05, 4.69) is 4.90 Å². The highest BCUT2D eigenvalue weighted by atomic mass is 32.2. The Morgan fingerprint density at radius 2 is 1.93 bits per heavy atom. The zero-order valence-electron chi connectivity index (χ0n) is 18.5. The minimum absolute atomic E-state index is 0.0581. The Bertz CT molecular complexity index is 514. The van der Waals surface area contributed by atoms with Gasteiger partial charge in [0.2, 0.25) is 5.91 Å². The van der Waals surface area contributed by atoms with Gasteiger partial charge < -0.3 is 19.8 Å². The van der Waals surface area contributed by atoms with Crippen molar-refractivity contribution in [3.63, 3.8) is 0 Å². The SMILES string of the molecule is CC.CC1OSC(C(=O)N2CCC(C3CCCC(CN)C3)CC2)CC1/C=C/[B]O. The predicted octanol–water partition coefficient (Wildman–Crippen LogP) is 3.58. The third kappa shape index (κ3) is 7.01. The van der Waals surface area contributed by atoms with Gasteiger partial charge in [0, 0.05) is 31.1 Å². The van der Waals surface area contributed by atoms with Crippen molar-refractivity contribution in [3.8, 4) is 0 Å². The summed E-state index contributed by atoms with van der Waals surface area (Å²) in [6.45, 7) is 8.61. The molecule has 5 nitrogen and oxygen atoms in total. The Morgan fingerprint density at radius 3 is 2.59 bits per heavy atom. The Balaban J connectivity index is 0.00000145. The van der Waals surface area contributed by atoms with Gasteiger partial charge in [-0.2, -0.15) is 0 Å². The maximum absolute atomic E-state index is 13.0. The number of nitrogens with two attached hydrogens (primary N) is 1. The lowest BCUT2D eigenvalue weighted by Gasteiger charge is -2.41. The van der Waals surface area contributed by atoms with Crippen LogP contribution in [-0.4, -0.2) is 54.3 Å². The summed E-state index contributed by atoms with van der Waals surface area (Å²) in [7, 11) is 1.04. The number of hydrogen-bond acceptors (Lipinski definition) is 5. The van der Waals surface area contributed by atoms with Crippen molar-refractivity contribution in [2.75, 3.05) is 19.6 Å². The minimum Gasteiger partial charge on any atom is -0.450 e. The number of piperidine rings is 1. The first-order valence-electron chi connectivity index (χ1n) is 11.6. The topological polar surface area (TPSA) is 75.8 Å². The smallest absolute Gasteiger partial charge is 0.318 e.